The van der Waals surface area contributed by atoms with Gasteiger partial charge >= 0.3 is 0 Å². The number of hydrogen-bond donors (Lipinski definition) is 0. The van der Waals surface area contributed by atoms with Crippen LogP contribution in [0.5, 0.6) is 5.75 Å². The van der Waals surface area contributed by atoms with Gasteiger partial charge in [0.25, 0.3) is 0 Å². The molecule has 0 N–H and O–H groups in total. The fraction of sp³-hybridized carbons (Fsp3) is 0.188. The van der Waals surface area contributed by atoms with Crippen LogP contribution >= 0.6 is 47.8 Å². The molecule has 2 nitrogen and oxygen atoms in total. The Kier molecular flexibility index (Phi) is 4.52. The third-order valence-electron chi connectivity index (χ3n) is 3.41. The highest BCUT2D eigenvalue weighted by Crippen LogP contribution is 2.34. The van der Waals surface area contributed by atoms with Crippen LogP contribution in [0.25, 0.3) is 0 Å². The van der Waals surface area contributed by atoms with Gasteiger partial charge in [0.05, 0.1) is 6.61 Å². The van der Waals surface area contributed by atoms with Crippen molar-refractivity contribution in [3.63, 3.8) is 0 Å². The molecule has 0 aromatic heterocycles. The highest BCUT2D eigenvalue weighted by Gasteiger charge is 2.20. The molecule has 0 bridgehead atoms. The van der Waals surface area contributed by atoms with Crippen molar-refractivity contribution in [1.82, 2.24) is 0 Å². The Morgan fingerprint density at radius 1 is 1.10 bits per heavy atom. The number of carbonyl (C=O) groups is 1. The molecule has 0 amide bonds. The average Bonchev–Trinajstić information content (AvgIpc) is 2.86. The van der Waals surface area contributed by atoms with E-state index in [9.17, 15) is 4.79 Å². The van der Waals surface area contributed by atoms with Crippen molar-refractivity contribution in [3.8, 4) is 5.75 Å². The highest BCUT2D eigenvalue weighted by molar-refractivity contribution is 9.11. The zero-order valence-corrected chi connectivity index (χ0v) is 15.7. The summed E-state index contributed by atoms with van der Waals surface area (Å²) in [6, 6.07) is 9.62. The third-order valence-corrected chi connectivity index (χ3v) is 5.02. The summed E-state index contributed by atoms with van der Waals surface area (Å²) in [5.41, 5.74) is 2.80. The average molecular weight is 475 g/mol. The molecular weight excluding hydrogens is 464 g/mol. The molecule has 0 atom stereocenters. The van der Waals surface area contributed by atoms with E-state index in [1.165, 1.54) is 5.56 Å². The van der Waals surface area contributed by atoms with Crippen molar-refractivity contribution in [1.29, 1.82) is 0 Å². The van der Waals surface area contributed by atoms with Crippen LogP contribution in [-0.4, -0.2) is 12.4 Å². The van der Waals surface area contributed by atoms with Crippen LogP contribution in [0.1, 0.15) is 21.5 Å². The minimum absolute atomic E-state index is 0.0742. The number of hydrogen-bond acceptors (Lipinski definition) is 2. The smallest absolute Gasteiger partial charge is 0.168 e. The first-order chi connectivity index (χ1) is 10.0. The Morgan fingerprint density at radius 2 is 1.90 bits per heavy atom. The van der Waals surface area contributed by atoms with Gasteiger partial charge in [0.1, 0.15) is 5.75 Å². The number of carbonyl (C=O) groups excluding carboxylic acids is 1. The predicted octanol–water partition coefficient (Wildman–Crippen LogP) is 5.33. The van der Waals surface area contributed by atoms with Gasteiger partial charge in [0, 0.05) is 37.4 Å². The standard InChI is InChI=1S/C16H11Br3O2/c17-11-1-2-13(14(19)8-11)15(20)7-10-6-12(18)5-9-3-4-21-16(9)10/h1-2,5-6,8H,3-4,7H2. The molecule has 0 spiro atoms. The quantitative estimate of drug-likeness (QED) is 0.562. The first-order valence-corrected chi connectivity index (χ1v) is 8.85. The van der Waals surface area contributed by atoms with Crippen LogP contribution < -0.4 is 4.74 Å². The van der Waals surface area contributed by atoms with Crippen molar-refractivity contribution in [2.75, 3.05) is 6.61 Å². The Bertz CT molecular complexity index is 726. The van der Waals surface area contributed by atoms with Crippen LogP contribution in [0.4, 0.5) is 0 Å². The van der Waals surface area contributed by atoms with E-state index < -0.39 is 0 Å². The van der Waals surface area contributed by atoms with Crippen molar-refractivity contribution in [2.24, 2.45) is 0 Å². The maximum atomic E-state index is 12.5. The highest BCUT2D eigenvalue weighted by atomic mass is 79.9. The van der Waals surface area contributed by atoms with E-state index in [-0.39, 0.29) is 5.78 Å². The molecule has 0 radical (unpaired) electrons. The van der Waals surface area contributed by atoms with Gasteiger partial charge < -0.3 is 4.74 Å². The molecule has 0 saturated carbocycles. The van der Waals surface area contributed by atoms with E-state index in [1.54, 1.807) is 0 Å². The van der Waals surface area contributed by atoms with Gasteiger partial charge in [0.15, 0.2) is 5.78 Å². The number of ether oxygens (including phenoxy) is 1. The van der Waals surface area contributed by atoms with Gasteiger partial charge in [-0.05, 0) is 35.9 Å². The monoisotopic (exact) mass is 472 g/mol. The van der Waals surface area contributed by atoms with Crippen LogP contribution in [-0.2, 0) is 12.8 Å². The summed E-state index contributed by atoms with van der Waals surface area (Å²) in [5.74, 6) is 0.949. The molecule has 2 aromatic carbocycles. The number of benzene rings is 2. The molecule has 5 heteroatoms. The van der Waals surface area contributed by atoms with E-state index in [2.05, 4.69) is 53.9 Å². The topological polar surface area (TPSA) is 26.3 Å². The molecule has 108 valence electrons. The van der Waals surface area contributed by atoms with Gasteiger partial charge in [-0.2, -0.15) is 0 Å². The molecule has 21 heavy (non-hydrogen) atoms. The van der Waals surface area contributed by atoms with Crippen LogP contribution in [0, 0.1) is 0 Å². The van der Waals surface area contributed by atoms with Crippen molar-refractivity contribution in [2.45, 2.75) is 12.8 Å². The summed E-state index contributed by atoms with van der Waals surface area (Å²) in [4.78, 5) is 12.5. The fourth-order valence-electron chi connectivity index (χ4n) is 2.46. The van der Waals surface area contributed by atoms with Crippen molar-refractivity contribution >= 4 is 53.6 Å². The Labute approximate surface area is 148 Å². The SMILES string of the molecule is O=C(Cc1cc(Br)cc2c1OCC2)c1ccc(Br)cc1Br. The van der Waals surface area contributed by atoms with Gasteiger partial charge in [-0.15, -0.1) is 0 Å². The first-order valence-electron chi connectivity index (χ1n) is 6.47. The summed E-state index contributed by atoms with van der Waals surface area (Å²) in [5, 5.41) is 0. The summed E-state index contributed by atoms with van der Waals surface area (Å²) >= 11 is 10.3. The second-order valence-corrected chi connectivity index (χ2v) is 7.56. The second kappa shape index (κ2) is 6.23. The van der Waals surface area contributed by atoms with Crippen molar-refractivity contribution in [3.05, 3.63) is 60.4 Å². The molecule has 3 rings (SSSR count). The van der Waals surface area contributed by atoms with E-state index in [0.29, 0.717) is 18.6 Å². The summed E-state index contributed by atoms with van der Waals surface area (Å²) in [7, 11) is 0. The molecule has 1 aliphatic heterocycles. The zero-order valence-electron chi connectivity index (χ0n) is 11.0. The lowest BCUT2D eigenvalue weighted by molar-refractivity contribution is 0.0991. The lowest BCUT2D eigenvalue weighted by Crippen LogP contribution is -2.06. The summed E-state index contributed by atoms with van der Waals surface area (Å²) in [6.45, 7) is 0.689. The summed E-state index contributed by atoms with van der Waals surface area (Å²) in [6.07, 6.45) is 1.24. The van der Waals surface area contributed by atoms with Crippen molar-refractivity contribution < 1.29 is 9.53 Å². The molecule has 0 aliphatic carbocycles. The molecule has 0 unspecified atom stereocenters. The molecule has 0 saturated heterocycles. The van der Waals surface area contributed by atoms with E-state index in [4.69, 9.17) is 4.74 Å². The third kappa shape index (κ3) is 3.25. The Hall–Kier alpha value is -0.650. The number of rotatable bonds is 3. The van der Waals surface area contributed by atoms with E-state index in [0.717, 1.165) is 31.2 Å². The van der Waals surface area contributed by atoms with E-state index >= 15 is 0 Å². The maximum Gasteiger partial charge on any atom is 0.168 e. The normalized spacial score (nSPS) is 12.9. The summed E-state index contributed by atoms with van der Waals surface area (Å²) < 4.78 is 8.41. The number of fused-ring (bicyclic) bond motifs is 1. The Balaban J connectivity index is 1.92. The molecular formula is C16H11Br3O2. The van der Waals surface area contributed by atoms with Gasteiger partial charge in [-0.1, -0.05) is 47.8 Å². The minimum Gasteiger partial charge on any atom is -0.493 e. The molecule has 0 fully saturated rings. The largest absolute Gasteiger partial charge is 0.493 e. The Morgan fingerprint density at radius 3 is 2.67 bits per heavy atom. The first kappa shape index (κ1) is 15.3. The second-order valence-electron chi connectivity index (χ2n) is 4.88. The van der Waals surface area contributed by atoms with E-state index in [1.807, 2.05) is 24.3 Å². The molecule has 1 aliphatic rings. The lowest BCUT2D eigenvalue weighted by Gasteiger charge is -2.09. The van der Waals surface area contributed by atoms with Crippen LogP contribution in [0.2, 0.25) is 0 Å². The predicted molar refractivity (Wildman–Crippen MR) is 93.2 cm³/mol. The minimum atomic E-state index is 0.0742. The van der Waals surface area contributed by atoms with Gasteiger partial charge in [0.2, 0.25) is 0 Å². The molecule has 2 aromatic rings. The zero-order chi connectivity index (χ0) is 15.0. The van der Waals surface area contributed by atoms with Gasteiger partial charge in [-0.25, -0.2) is 0 Å². The molecule has 1 heterocycles. The van der Waals surface area contributed by atoms with Crippen LogP contribution in [0.15, 0.2) is 43.7 Å². The number of halogens is 3. The fourth-order valence-corrected chi connectivity index (χ4v) is 4.28. The number of ketones is 1. The maximum absolute atomic E-state index is 12.5. The number of Topliss-reactive ketones (excluding diaryl/α,β-unsaturated/α-hetero) is 1. The lowest BCUT2D eigenvalue weighted by atomic mass is 10.00. The van der Waals surface area contributed by atoms with Gasteiger partial charge in [-0.3, -0.25) is 4.79 Å². The van der Waals surface area contributed by atoms with Crippen LogP contribution in [0.3, 0.4) is 0 Å².